The number of hydrogen-bond acceptors (Lipinski definition) is 2. The van der Waals surface area contributed by atoms with Crippen LogP contribution >= 0.6 is 11.6 Å². The van der Waals surface area contributed by atoms with Crippen molar-refractivity contribution in [1.29, 1.82) is 0 Å². The van der Waals surface area contributed by atoms with Crippen molar-refractivity contribution in [1.82, 2.24) is 5.32 Å². The van der Waals surface area contributed by atoms with E-state index in [2.05, 4.69) is 29.6 Å². The summed E-state index contributed by atoms with van der Waals surface area (Å²) < 4.78 is 6.15. The zero-order valence-corrected chi connectivity index (χ0v) is 12.4. The Kier molecular flexibility index (Phi) is 3.68. The van der Waals surface area contributed by atoms with Gasteiger partial charge >= 0.3 is 0 Å². The van der Waals surface area contributed by atoms with Crippen LogP contribution in [-0.4, -0.2) is 7.05 Å². The third-order valence-corrected chi connectivity index (χ3v) is 4.34. The lowest BCUT2D eigenvalue weighted by atomic mass is 9.93. The van der Waals surface area contributed by atoms with Gasteiger partial charge in [0.1, 0.15) is 11.9 Å². The number of fused-ring (bicyclic) bond motifs is 1. The van der Waals surface area contributed by atoms with Crippen molar-refractivity contribution in [3.8, 4) is 5.75 Å². The Morgan fingerprint density at radius 2 is 2.00 bits per heavy atom. The van der Waals surface area contributed by atoms with Gasteiger partial charge in [-0.1, -0.05) is 41.9 Å². The highest BCUT2D eigenvalue weighted by molar-refractivity contribution is 6.31. The summed E-state index contributed by atoms with van der Waals surface area (Å²) in [5.74, 6) is 0.958. The Morgan fingerprint density at radius 3 is 2.75 bits per heavy atom. The van der Waals surface area contributed by atoms with Crippen molar-refractivity contribution in [3.05, 3.63) is 64.2 Å². The summed E-state index contributed by atoms with van der Waals surface area (Å²) in [5.41, 5.74) is 3.46. The minimum atomic E-state index is 0.0421. The van der Waals surface area contributed by atoms with Gasteiger partial charge in [-0.05, 0) is 37.2 Å². The van der Waals surface area contributed by atoms with E-state index in [9.17, 15) is 0 Å². The van der Waals surface area contributed by atoms with Gasteiger partial charge in [-0.25, -0.2) is 0 Å². The molecule has 3 rings (SSSR count). The van der Waals surface area contributed by atoms with Crippen molar-refractivity contribution >= 4 is 11.6 Å². The van der Waals surface area contributed by atoms with Gasteiger partial charge in [0.05, 0.1) is 0 Å². The molecule has 0 fully saturated rings. The topological polar surface area (TPSA) is 21.3 Å². The van der Waals surface area contributed by atoms with E-state index in [1.165, 1.54) is 5.56 Å². The van der Waals surface area contributed by atoms with Crippen LogP contribution in [-0.2, 0) is 0 Å². The molecule has 0 bridgehead atoms. The van der Waals surface area contributed by atoms with E-state index >= 15 is 0 Å². The molecule has 1 heterocycles. The predicted molar refractivity (Wildman–Crippen MR) is 82.4 cm³/mol. The molecule has 2 aromatic rings. The molecule has 1 aliphatic heterocycles. The maximum absolute atomic E-state index is 6.23. The fourth-order valence-electron chi connectivity index (χ4n) is 2.71. The molecule has 0 amide bonds. The van der Waals surface area contributed by atoms with Crippen LogP contribution in [0.5, 0.6) is 5.75 Å². The first-order valence-corrected chi connectivity index (χ1v) is 7.25. The standard InChI is InChI=1S/C17H18ClNO/c1-11-7-8-12(9-14(11)18)17-10-15(19-2)13-5-3-4-6-16(13)20-17/h3-9,15,17,19H,10H2,1-2H3. The second-order valence-electron chi connectivity index (χ2n) is 5.23. The van der Waals surface area contributed by atoms with Crippen LogP contribution in [0.25, 0.3) is 0 Å². The van der Waals surface area contributed by atoms with Crippen molar-refractivity contribution in [3.63, 3.8) is 0 Å². The third kappa shape index (κ3) is 2.41. The van der Waals surface area contributed by atoms with Gasteiger partial charge in [0.2, 0.25) is 0 Å². The van der Waals surface area contributed by atoms with Crippen LogP contribution in [0.4, 0.5) is 0 Å². The van der Waals surface area contributed by atoms with E-state index in [0.717, 1.165) is 28.3 Å². The Bertz CT molecular complexity index is 626. The number of rotatable bonds is 2. The minimum absolute atomic E-state index is 0.0421. The van der Waals surface area contributed by atoms with Gasteiger partial charge in [0, 0.05) is 23.0 Å². The average molecular weight is 288 g/mol. The minimum Gasteiger partial charge on any atom is -0.485 e. The Morgan fingerprint density at radius 1 is 1.20 bits per heavy atom. The molecule has 0 saturated heterocycles. The van der Waals surface area contributed by atoms with Crippen LogP contribution in [0.3, 0.4) is 0 Å². The molecule has 3 heteroatoms. The molecule has 104 valence electrons. The van der Waals surface area contributed by atoms with Gasteiger partial charge in [-0.15, -0.1) is 0 Å². The summed E-state index contributed by atoms with van der Waals surface area (Å²) in [4.78, 5) is 0. The fraction of sp³-hybridized carbons (Fsp3) is 0.294. The van der Waals surface area contributed by atoms with E-state index in [0.29, 0.717) is 6.04 Å². The molecule has 1 aliphatic rings. The quantitative estimate of drug-likeness (QED) is 0.882. The summed E-state index contributed by atoms with van der Waals surface area (Å²) >= 11 is 6.23. The molecule has 2 unspecified atom stereocenters. The second kappa shape index (κ2) is 5.47. The van der Waals surface area contributed by atoms with Crippen LogP contribution < -0.4 is 10.1 Å². The molecule has 2 nitrogen and oxygen atoms in total. The first-order valence-electron chi connectivity index (χ1n) is 6.88. The fourth-order valence-corrected chi connectivity index (χ4v) is 2.89. The second-order valence-corrected chi connectivity index (χ2v) is 5.64. The highest BCUT2D eigenvalue weighted by atomic mass is 35.5. The Balaban J connectivity index is 1.95. The summed E-state index contributed by atoms with van der Waals surface area (Å²) in [6, 6.07) is 14.7. The molecule has 1 N–H and O–H groups in total. The normalized spacial score (nSPS) is 21.1. The zero-order valence-electron chi connectivity index (χ0n) is 11.7. The van der Waals surface area contributed by atoms with E-state index in [1.807, 2.05) is 32.2 Å². The lowest BCUT2D eigenvalue weighted by molar-refractivity contribution is 0.154. The molecule has 20 heavy (non-hydrogen) atoms. The molecular weight excluding hydrogens is 270 g/mol. The van der Waals surface area contributed by atoms with Gasteiger partial charge in [0.25, 0.3) is 0 Å². The molecule has 0 saturated carbocycles. The average Bonchev–Trinajstić information content (AvgIpc) is 2.49. The first-order chi connectivity index (χ1) is 9.69. The molecule has 0 spiro atoms. The van der Waals surface area contributed by atoms with Crippen molar-refractivity contribution < 1.29 is 4.74 Å². The van der Waals surface area contributed by atoms with Crippen LogP contribution in [0.2, 0.25) is 5.02 Å². The number of benzene rings is 2. The number of aryl methyl sites for hydroxylation is 1. The highest BCUT2D eigenvalue weighted by Gasteiger charge is 2.28. The largest absolute Gasteiger partial charge is 0.485 e. The summed E-state index contributed by atoms with van der Waals surface area (Å²) in [5, 5.41) is 4.17. The van der Waals surface area contributed by atoms with Crippen LogP contribution in [0.1, 0.15) is 35.3 Å². The number of ether oxygens (including phenoxy) is 1. The summed E-state index contributed by atoms with van der Waals surface area (Å²) in [6.45, 7) is 2.01. The molecule has 2 atom stereocenters. The molecular formula is C17H18ClNO. The van der Waals surface area contributed by atoms with Gasteiger partial charge in [-0.2, -0.15) is 0 Å². The SMILES string of the molecule is CNC1CC(c2ccc(C)c(Cl)c2)Oc2ccccc21. The van der Waals surface area contributed by atoms with Gasteiger partial charge < -0.3 is 10.1 Å². The zero-order chi connectivity index (χ0) is 14.1. The molecule has 2 aromatic carbocycles. The highest BCUT2D eigenvalue weighted by Crippen LogP contribution is 2.40. The van der Waals surface area contributed by atoms with Gasteiger partial charge in [-0.3, -0.25) is 0 Å². The lowest BCUT2D eigenvalue weighted by Gasteiger charge is -2.32. The number of hydrogen-bond donors (Lipinski definition) is 1. The molecule has 0 aliphatic carbocycles. The monoisotopic (exact) mass is 287 g/mol. The lowest BCUT2D eigenvalue weighted by Crippen LogP contribution is -2.26. The number of para-hydroxylation sites is 1. The van der Waals surface area contributed by atoms with Crippen molar-refractivity contribution in [2.24, 2.45) is 0 Å². The van der Waals surface area contributed by atoms with E-state index in [1.54, 1.807) is 0 Å². The maximum Gasteiger partial charge on any atom is 0.126 e. The summed E-state index contributed by atoms with van der Waals surface area (Å²) in [6.07, 6.45) is 0.952. The van der Waals surface area contributed by atoms with Gasteiger partial charge in [0.15, 0.2) is 0 Å². The third-order valence-electron chi connectivity index (χ3n) is 3.93. The Labute approximate surface area is 124 Å². The first kappa shape index (κ1) is 13.5. The number of halogens is 1. The van der Waals surface area contributed by atoms with Crippen LogP contribution in [0.15, 0.2) is 42.5 Å². The maximum atomic E-state index is 6.23. The van der Waals surface area contributed by atoms with E-state index in [4.69, 9.17) is 16.3 Å². The summed E-state index contributed by atoms with van der Waals surface area (Å²) in [7, 11) is 1.99. The van der Waals surface area contributed by atoms with E-state index < -0.39 is 0 Å². The van der Waals surface area contributed by atoms with Crippen molar-refractivity contribution in [2.45, 2.75) is 25.5 Å². The van der Waals surface area contributed by atoms with Crippen molar-refractivity contribution in [2.75, 3.05) is 7.05 Å². The molecule has 0 aromatic heterocycles. The smallest absolute Gasteiger partial charge is 0.126 e. The number of nitrogens with one attached hydrogen (secondary N) is 1. The van der Waals surface area contributed by atoms with Crippen LogP contribution in [0, 0.1) is 6.92 Å². The molecule has 0 radical (unpaired) electrons. The van der Waals surface area contributed by atoms with E-state index in [-0.39, 0.29) is 6.10 Å². The predicted octanol–water partition coefficient (Wildman–Crippen LogP) is 4.43. The Hall–Kier alpha value is -1.51.